The molecule has 1 atom stereocenters. The zero-order valence-electron chi connectivity index (χ0n) is 11.7. The number of ether oxygens (including phenoxy) is 1. The van der Waals surface area contributed by atoms with Crippen LogP contribution in [0.4, 0.5) is 0 Å². The van der Waals surface area contributed by atoms with Gasteiger partial charge in [-0.1, -0.05) is 29.8 Å². The third-order valence-corrected chi connectivity index (χ3v) is 2.93. The van der Waals surface area contributed by atoms with E-state index < -0.39 is 12.1 Å². The molecule has 2 rings (SSSR count). The van der Waals surface area contributed by atoms with Crippen LogP contribution in [0.2, 0.25) is 0 Å². The highest BCUT2D eigenvalue weighted by Gasteiger charge is 2.21. The maximum atomic E-state index is 12.1. The summed E-state index contributed by atoms with van der Waals surface area (Å²) in [5.74, 6) is -0.145. The molecule has 0 aliphatic heterocycles. The Morgan fingerprint density at radius 1 is 1.05 bits per heavy atom. The molecule has 1 aromatic carbocycles. The van der Waals surface area contributed by atoms with E-state index in [2.05, 4.69) is 0 Å². The second-order valence-electron chi connectivity index (χ2n) is 4.69. The highest BCUT2D eigenvalue weighted by atomic mass is 16.6. The Balaban J connectivity index is 2.04. The maximum Gasteiger partial charge on any atom is 0.374 e. The minimum atomic E-state index is -0.851. The van der Waals surface area contributed by atoms with Crippen molar-refractivity contribution in [2.75, 3.05) is 0 Å². The second kappa shape index (κ2) is 5.74. The van der Waals surface area contributed by atoms with Gasteiger partial charge in [-0.2, -0.15) is 0 Å². The van der Waals surface area contributed by atoms with Gasteiger partial charge in [0.1, 0.15) is 5.76 Å². The molecule has 0 N–H and O–H groups in total. The lowest BCUT2D eigenvalue weighted by Crippen LogP contribution is -2.24. The summed E-state index contributed by atoms with van der Waals surface area (Å²) in [6.07, 6.45) is -0.851. The van der Waals surface area contributed by atoms with Gasteiger partial charge < -0.3 is 9.15 Å². The third-order valence-electron chi connectivity index (χ3n) is 2.93. The molecule has 1 aromatic heterocycles. The van der Waals surface area contributed by atoms with E-state index in [9.17, 15) is 9.59 Å². The molecular formula is C16H16O4. The summed E-state index contributed by atoms with van der Waals surface area (Å²) in [7, 11) is 0. The van der Waals surface area contributed by atoms with Crippen molar-refractivity contribution in [2.24, 2.45) is 0 Å². The maximum absolute atomic E-state index is 12.1. The summed E-state index contributed by atoms with van der Waals surface area (Å²) in [5, 5.41) is 0. The van der Waals surface area contributed by atoms with E-state index in [1.54, 1.807) is 32.0 Å². The minimum absolute atomic E-state index is 0.103. The van der Waals surface area contributed by atoms with E-state index in [1.165, 1.54) is 6.07 Å². The van der Waals surface area contributed by atoms with E-state index in [0.29, 0.717) is 11.3 Å². The summed E-state index contributed by atoms with van der Waals surface area (Å²) in [6.45, 7) is 5.23. The first-order chi connectivity index (χ1) is 9.47. The molecule has 2 aromatic rings. The van der Waals surface area contributed by atoms with Crippen molar-refractivity contribution in [3.05, 3.63) is 59.0 Å². The van der Waals surface area contributed by atoms with E-state index in [0.717, 1.165) is 5.56 Å². The minimum Gasteiger partial charge on any atom is -0.454 e. The third kappa shape index (κ3) is 3.15. The summed E-state index contributed by atoms with van der Waals surface area (Å²) < 4.78 is 10.3. The fourth-order valence-electron chi connectivity index (χ4n) is 1.77. The number of rotatable bonds is 4. The number of aryl methyl sites for hydroxylation is 2. The molecule has 0 aliphatic carbocycles. The fraction of sp³-hybridized carbons (Fsp3) is 0.250. The highest BCUT2D eigenvalue weighted by molar-refractivity contribution is 6.01. The predicted octanol–water partition coefficient (Wildman–Crippen LogP) is 3.32. The van der Waals surface area contributed by atoms with Crippen molar-refractivity contribution in [3.8, 4) is 0 Å². The summed E-state index contributed by atoms with van der Waals surface area (Å²) >= 11 is 0. The molecular weight excluding hydrogens is 256 g/mol. The Hall–Kier alpha value is -2.36. The normalized spacial score (nSPS) is 11.9. The smallest absolute Gasteiger partial charge is 0.374 e. The molecule has 4 heteroatoms. The Labute approximate surface area is 117 Å². The van der Waals surface area contributed by atoms with Crippen LogP contribution in [-0.4, -0.2) is 17.9 Å². The zero-order chi connectivity index (χ0) is 14.7. The molecule has 0 fully saturated rings. The largest absolute Gasteiger partial charge is 0.454 e. The second-order valence-corrected chi connectivity index (χ2v) is 4.69. The fourth-order valence-corrected chi connectivity index (χ4v) is 1.77. The quantitative estimate of drug-likeness (QED) is 0.632. The lowest BCUT2D eigenvalue weighted by atomic mass is 10.1. The van der Waals surface area contributed by atoms with Crippen molar-refractivity contribution in [3.63, 3.8) is 0 Å². The molecule has 0 aliphatic rings. The number of hydrogen-bond acceptors (Lipinski definition) is 4. The van der Waals surface area contributed by atoms with Crippen LogP contribution in [0, 0.1) is 13.8 Å². The first-order valence-corrected chi connectivity index (χ1v) is 6.35. The van der Waals surface area contributed by atoms with Crippen LogP contribution in [-0.2, 0) is 4.74 Å². The van der Waals surface area contributed by atoms with Gasteiger partial charge in [-0.05, 0) is 32.9 Å². The first kappa shape index (κ1) is 14.1. The van der Waals surface area contributed by atoms with E-state index in [1.807, 2.05) is 19.1 Å². The van der Waals surface area contributed by atoms with Crippen LogP contribution < -0.4 is 0 Å². The SMILES string of the molecule is Cc1ccc(C(=O)[C@@H](C)OC(=O)c2ccc(C)o2)cc1. The van der Waals surface area contributed by atoms with Gasteiger partial charge in [0.25, 0.3) is 0 Å². The molecule has 4 nitrogen and oxygen atoms in total. The molecule has 0 radical (unpaired) electrons. The molecule has 0 bridgehead atoms. The van der Waals surface area contributed by atoms with Crippen LogP contribution >= 0.6 is 0 Å². The summed E-state index contributed by atoms with van der Waals surface area (Å²) in [4.78, 5) is 23.9. The van der Waals surface area contributed by atoms with E-state index in [-0.39, 0.29) is 11.5 Å². The average Bonchev–Trinajstić information content (AvgIpc) is 2.85. The average molecular weight is 272 g/mol. The van der Waals surface area contributed by atoms with Crippen molar-refractivity contribution < 1.29 is 18.7 Å². The molecule has 0 saturated heterocycles. The van der Waals surface area contributed by atoms with E-state index >= 15 is 0 Å². The van der Waals surface area contributed by atoms with Gasteiger partial charge in [-0.3, -0.25) is 4.79 Å². The van der Waals surface area contributed by atoms with Crippen LogP contribution in [0.3, 0.4) is 0 Å². The Bertz CT molecular complexity index is 622. The van der Waals surface area contributed by atoms with Crippen molar-refractivity contribution in [1.29, 1.82) is 0 Å². The molecule has 0 amide bonds. The lowest BCUT2D eigenvalue weighted by Gasteiger charge is -2.11. The number of carbonyl (C=O) groups excluding carboxylic acids is 2. The van der Waals surface area contributed by atoms with Crippen LogP contribution in [0.1, 0.15) is 39.2 Å². The number of hydrogen-bond donors (Lipinski definition) is 0. The number of furan rings is 1. The predicted molar refractivity (Wildman–Crippen MR) is 73.8 cm³/mol. The molecule has 0 saturated carbocycles. The zero-order valence-corrected chi connectivity index (χ0v) is 11.7. The van der Waals surface area contributed by atoms with Crippen molar-refractivity contribution in [1.82, 2.24) is 0 Å². The highest BCUT2D eigenvalue weighted by Crippen LogP contribution is 2.12. The number of carbonyl (C=O) groups is 2. The van der Waals surface area contributed by atoms with Crippen molar-refractivity contribution >= 4 is 11.8 Å². The molecule has 1 heterocycles. The number of Topliss-reactive ketones (excluding diaryl/α,β-unsaturated/α-hetero) is 1. The molecule has 0 spiro atoms. The van der Waals surface area contributed by atoms with Crippen LogP contribution in [0.15, 0.2) is 40.8 Å². The Morgan fingerprint density at radius 2 is 1.70 bits per heavy atom. The van der Waals surface area contributed by atoms with Gasteiger partial charge in [0.15, 0.2) is 6.10 Å². The standard InChI is InChI=1S/C16H16O4/c1-10-4-7-13(8-5-10)15(17)12(3)20-16(18)14-9-6-11(2)19-14/h4-9,12H,1-3H3/t12-/m1/s1. The monoisotopic (exact) mass is 272 g/mol. The van der Waals surface area contributed by atoms with Gasteiger partial charge in [-0.15, -0.1) is 0 Å². The number of benzene rings is 1. The summed E-state index contributed by atoms with van der Waals surface area (Å²) in [5.41, 5.74) is 1.59. The summed E-state index contributed by atoms with van der Waals surface area (Å²) in [6, 6.07) is 10.3. The van der Waals surface area contributed by atoms with Crippen LogP contribution in [0.5, 0.6) is 0 Å². The van der Waals surface area contributed by atoms with E-state index in [4.69, 9.17) is 9.15 Å². The van der Waals surface area contributed by atoms with Crippen LogP contribution in [0.25, 0.3) is 0 Å². The Kier molecular flexibility index (Phi) is 4.03. The van der Waals surface area contributed by atoms with Crippen molar-refractivity contribution in [2.45, 2.75) is 26.9 Å². The molecule has 0 unspecified atom stereocenters. The first-order valence-electron chi connectivity index (χ1n) is 6.35. The van der Waals surface area contributed by atoms with Gasteiger partial charge >= 0.3 is 5.97 Å². The van der Waals surface area contributed by atoms with Gasteiger partial charge in [-0.25, -0.2) is 4.79 Å². The van der Waals surface area contributed by atoms with Gasteiger partial charge in [0.2, 0.25) is 11.5 Å². The Morgan fingerprint density at radius 3 is 2.25 bits per heavy atom. The van der Waals surface area contributed by atoms with Gasteiger partial charge in [0, 0.05) is 5.56 Å². The molecule has 20 heavy (non-hydrogen) atoms. The lowest BCUT2D eigenvalue weighted by molar-refractivity contribution is 0.0288. The van der Waals surface area contributed by atoms with Gasteiger partial charge in [0.05, 0.1) is 0 Å². The topological polar surface area (TPSA) is 56.5 Å². The molecule has 104 valence electrons. The number of esters is 1. The number of ketones is 1.